The van der Waals surface area contributed by atoms with Gasteiger partial charge in [-0.15, -0.1) is 0 Å². The predicted molar refractivity (Wildman–Crippen MR) is 119 cm³/mol. The minimum Gasteiger partial charge on any atom is -0.353 e. The Kier molecular flexibility index (Phi) is 10.5. The van der Waals surface area contributed by atoms with Crippen molar-refractivity contribution >= 4 is 5.91 Å². The maximum atomic E-state index is 13.9. The van der Waals surface area contributed by atoms with Crippen LogP contribution in [-0.2, 0) is 17.6 Å². The quantitative estimate of drug-likeness (QED) is 0.366. The molecular weight excluding hydrogens is 380 g/mol. The number of benzene rings is 2. The van der Waals surface area contributed by atoms with E-state index in [1.807, 2.05) is 25.1 Å². The number of amides is 1. The average Bonchev–Trinajstić information content (AvgIpc) is 2.72. The first-order valence-electron chi connectivity index (χ1n) is 11.3. The molecule has 30 heavy (non-hydrogen) atoms. The summed E-state index contributed by atoms with van der Waals surface area (Å²) in [5.41, 5.74) is 1.57. The van der Waals surface area contributed by atoms with Crippen molar-refractivity contribution in [1.82, 2.24) is 5.32 Å². The van der Waals surface area contributed by atoms with Gasteiger partial charge in [0.25, 0.3) is 0 Å². The van der Waals surface area contributed by atoms with Gasteiger partial charge in [0, 0.05) is 18.0 Å². The van der Waals surface area contributed by atoms with E-state index in [1.54, 1.807) is 0 Å². The first-order valence-corrected chi connectivity index (χ1v) is 11.3. The van der Waals surface area contributed by atoms with Crippen LogP contribution in [0.2, 0.25) is 0 Å². The molecule has 0 saturated carbocycles. The van der Waals surface area contributed by atoms with E-state index in [0.717, 1.165) is 30.9 Å². The van der Waals surface area contributed by atoms with Crippen molar-refractivity contribution in [1.29, 1.82) is 0 Å². The van der Waals surface area contributed by atoms with Crippen LogP contribution in [-0.4, -0.2) is 11.9 Å². The van der Waals surface area contributed by atoms with Crippen LogP contribution in [0.1, 0.15) is 69.9 Å². The molecule has 2 rings (SSSR count). The second-order valence-electron chi connectivity index (χ2n) is 8.29. The summed E-state index contributed by atoms with van der Waals surface area (Å²) in [4.78, 5) is 13.0. The molecule has 2 atom stereocenters. The van der Waals surface area contributed by atoms with E-state index in [1.165, 1.54) is 37.8 Å². The van der Waals surface area contributed by atoms with Crippen LogP contribution in [0.4, 0.5) is 8.78 Å². The summed E-state index contributed by atoms with van der Waals surface area (Å²) in [5, 5.41) is 3.05. The van der Waals surface area contributed by atoms with Crippen LogP contribution in [0.5, 0.6) is 0 Å². The van der Waals surface area contributed by atoms with Gasteiger partial charge in [0.2, 0.25) is 5.91 Å². The summed E-state index contributed by atoms with van der Waals surface area (Å²) in [7, 11) is 0. The van der Waals surface area contributed by atoms with E-state index < -0.39 is 11.6 Å². The molecular formula is C26H35F2NO. The Bertz CT molecular complexity index is 763. The SMILES string of the molecule is CCCCCCCCC(Cc1ccccc1)C(=O)NC(C)Cc1ccc(F)cc1F. The molecule has 1 amide bonds. The van der Waals surface area contributed by atoms with Crippen molar-refractivity contribution in [2.24, 2.45) is 5.92 Å². The molecule has 0 saturated heterocycles. The van der Waals surface area contributed by atoms with Gasteiger partial charge in [-0.05, 0) is 43.4 Å². The summed E-state index contributed by atoms with van der Waals surface area (Å²) in [5.74, 6) is -1.24. The zero-order valence-corrected chi connectivity index (χ0v) is 18.3. The number of unbranched alkanes of at least 4 members (excludes halogenated alkanes) is 5. The van der Waals surface area contributed by atoms with Gasteiger partial charge in [-0.3, -0.25) is 4.79 Å². The van der Waals surface area contributed by atoms with Crippen LogP contribution >= 0.6 is 0 Å². The number of carbonyl (C=O) groups is 1. The third-order valence-electron chi connectivity index (χ3n) is 5.53. The molecule has 2 aromatic carbocycles. The molecule has 0 bridgehead atoms. The van der Waals surface area contributed by atoms with Gasteiger partial charge in [-0.2, -0.15) is 0 Å². The van der Waals surface area contributed by atoms with Gasteiger partial charge < -0.3 is 5.32 Å². The minimum absolute atomic E-state index is 0.0161. The Morgan fingerprint density at radius 2 is 1.63 bits per heavy atom. The van der Waals surface area contributed by atoms with Crippen molar-refractivity contribution in [2.75, 3.05) is 0 Å². The summed E-state index contributed by atoms with van der Waals surface area (Å²) in [6.45, 7) is 4.07. The fourth-order valence-electron chi connectivity index (χ4n) is 3.82. The lowest BCUT2D eigenvalue weighted by Gasteiger charge is -2.21. The molecule has 0 heterocycles. The molecule has 0 aliphatic heterocycles. The Hall–Kier alpha value is -2.23. The molecule has 0 aromatic heterocycles. The Labute approximate surface area is 180 Å². The van der Waals surface area contributed by atoms with Crippen LogP contribution in [0, 0.1) is 17.6 Å². The minimum atomic E-state index is -0.588. The van der Waals surface area contributed by atoms with Crippen molar-refractivity contribution in [3.63, 3.8) is 0 Å². The number of nitrogens with one attached hydrogen (secondary N) is 1. The molecule has 1 N–H and O–H groups in total. The molecule has 2 nitrogen and oxygen atoms in total. The molecule has 0 radical (unpaired) electrons. The lowest BCUT2D eigenvalue weighted by atomic mass is 9.92. The number of halogens is 2. The van der Waals surface area contributed by atoms with Crippen molar-refractivity contribution in [3.8, 4) is 0 Å². The summed E-state index contributed by atoms with van der Waals surface area (Å²) >= 11 is 0. The Morgan fingerprint density at radius 1 is 0.933 bits per heavy atom. The van der Waals surface area contributed by atoms with Crippen molar-refractivity contribution < 1.29 is 13.6 Å². The Balaban J connectivity index is 1.92. The van der Waals surface area contributed by atoms with Gasteiger partial charge in [0.1, 0.15) is 11.6 Å². The first-order chi connectivity index (χ1) is 14.5. The van der Waals surface area contributed by atoms with E-state index in [2.05, 4.69) is 24.4 Å². The largest absolute Gasteiger partial charge is 0.353 e. The maximum absolute atomic E-state index is 13.9. The molecule has 2 aromatic rings. The van der Waals surface area contributed by atoms with Gasteiger partial charge in [0.05, 0.1) is 0 Å². The lowest BCUT2D eigenvalue weighted by Crippen LogP contribution is -2.39. The van der Waals surface area contributed by atoms with E-state index >= 15 is 0 Å². The van der Waals surface area contributed by atoms with E-state index in [0.29, 0.717) is 18.4 Å². The highest BCUT2D eigenvalue weighted by atomic mass is 19.1. The number of hydrogen-bond acceptors (Lipinski definition) is 1. The normalized spacial score (nSPS) is 13.1. The molecule has 2 unspecified atom stereocenters. The highest BCUT2D eigenvalue weighted by Crippen LogP contribution is 2.19. The third kappa shape index (κ3) is 8.64. The second kappa shape index (κ2) is 13.1. The Morgan fingerprint density at radius 3 is 2.33 bits per heavy atom. The average molecular weight is 416 g/mol. The molecule has 0 aliphatic carbocycles. The van der Waals surface area contributed by atoms with Crippen LogP contribution < -0.4 is 5.32 Å². The van der Waals surface area contributed by atoms with E-state index in [4.69, 9.17) is 0 Å². The van der Waals surface area contributed by atoms with Crippen LogP contribution in [0.15, 0.2) is 48.5 Å². The fraction of sp³-hybridized carbons (Fsp3) is 0.500. The zero-order valence-electron chi connectivity index (χ0n) is 18.3. The molecule has 164 valence electrons. The molecule has 0 aliphatic rings. The molecule has 4 heteroatoms. The van der Waals surface area contributed by atoms with E-state index in [9.17, 15) is 13.6 Å². The summed E-state index contributed by atoms with van der Waals surface area (Å²) in [6, 6.07) is 13.4. The smallest absolute Gasteiger partial charge is 0.223 e. The monoisotopic (exact) mass is 415 g/mol. The standard InChI is InChI=1S/C26H35F2NO/c1-3-4-5-6-7-11-14-23(18-21-12-9-8-10-13-21)26(30)29-20(2)17-22-15-16-24(27)19-25(22)28/h8-10,12-13,15-16,19-20,23H,3-7,11,14,17-18H2,1-2H3,(H,29,30). The maximum Gasteiger partial charge on any atom is 0.223 e. The summed E-state index contributed by atoms with van der Waals surface area (Å²) in [6.07, 6.45) is 9.05. The van der Waals surface area contributed by atoms with Crippen molar-refractivity contribution in [2.45, 2.75) is 77.7 Å². The van der Waals surface area contributed by atoms with Crippen molar-refractivity contribution in [3.05, 3.63) is 71.3 Å². The fourth-order valence-corrected chi connectivity index (χ4v) is 3.82. The predicted octanol–water partition coefficient (Wildman–Crippen LogP) is 6.62. The molecule has 0 fully saturated rings. The van der Waals surface area contributed by atoms with Gasteiger partial charge in [-0.25, -0.2) is 8.78 Å². The summed E-state index contributed by atoms with van der Waals surface area (Å²) < 4.78 is 27.0. The lowest BCUT2D eigenvalue weighted by molar-refractivity contribution is -0.125. The first kappa shape index (κ1) is 24.0. The molecule has 0 spiro atoms. The van der Waals surface area contributed by atoms with E-state index in [-0.39, 0.29) is 17.9 Å². The second-order valence-corrected chi connectivity index (χ2v) is 8.29. The zero-order chi connectivity index (χ0) is 21.8. The van der Waals surface area contributed by atoms with Gasteiger partial charge >= 0.3 is 0 Å². The van der Waals surface area contributed by atoms with Gasteiger partial charge in [-0.1, -0.05) is 81.8 Å². The van der Waals surface area contributed by atoms with Gasteiger partial charge in [0.15, 0.2) is 0 Å². The third-order valence-corrected chi connectivity index (χ3v) is 5.53. The topological polar surface area (TPSA) is 29.1 Å². The highest BCUT2D eigenvalue weighted by molar-refractivity contribution is 5.79. The number of carbonyl (C=O) groups excluding carboxylic acids is 1. The van der Waals surface area contributed by atoms with Crippen LogP contribution in [0.3, 0.4) is 0 Å². The van der Waals surface area contributed by atoms with Crippen LogP contribution in [0.25, 0.3) is 0 Å². The number of hydrogen-bond donors (Lipinski definition) is 1. The highest BCUT2D eigenvalue weighted by Gasteiger charge is 2.21. The number of rotatable bonds is 13.